The molecule has 0 aromatic carbocycles. The van der Waals surface area contributed by atoms with Crippen molar-refractivity contribution in [2.24, 2.45) is 18.1 Å². The maximum absolute atomic E-state index is 11.0. The second-order valence-corrected chi connectivity index (χ2v) is 5.31. The zero-order valence-electron chi connectivity index (χ0n) is 11.8. The molecule has 1 aromatic heterocycles. The Balaban J connectivity index is 2.75. The van der Waals surface area contributed by atoms with Crippen LogP contribution in [0.25, 0.3) is 0 Å². The molecule has 1 N–H and O–H groups in total. The van der Waals surface area contributed by atoms with E-state index in [1.807, 2.05) is 35.5 Å². The van der Waals surface area contributed by atoms with Crippen LogP contribution in [0.4, 0.5) is 0 Å². The molecule has 106 valence electrons. The smallest absolute Gasteiger partial charge is 0.303 e. The Bertz CT molecular complexity index is 479. The van der Waals surface area contributed by atoms with E-state index in [9.17, 15) is 10.1 Å². The quantitative estimate of drug-likeness (QED) is 0.277. The van der Waals surface area contributed by atoms with Gasteiger partial charge in [0.1, 0.15) is 12.4 Å². The molecule has 1 heterocycles. The number of rotatable bonds is 6. The first-order valence-electron chi connectivity index (χ1n) is 6.17. The number of nitrogens with zero attached hydrogens (tertiary/aromatic N) is 4. The third-order valence-corrected chi connectivity index (χ3v) is 3.78. The Labute approximate surface area is 112 Å². The first-order chi connectivity index (χ1) is 8.80. The van der Waals surface area contributed by atoms with Crippen LogP contribution in [-0.4, -0.2) is 26.5 Å². The number of aromatic nitrogens is 2. The van der Waals surface area contributed by atoms with E-state index >= 15 is 0 Å². The molecule has 7 heteroatoms. The minimum atomic E-state index is -0.944. The minimum Gasteiger partial charge on any atom is -0.411 e. The van der Waals surface area contributed by atoms with Crippen LogP contribution in [0, 0.1) is 16.0 Å². The Morgan fingerprint density at radius 3 is 2.84 bits per heavy atom. The summed E-state index contributed by atoms with van der Waals surface area (Å²) in [5.41, 5.74) is -0.944. The highest BCUT2D eigenvalue weighted by molar-refractivity contribution is 5.72. The summed E-state index contributed by atoms with van der Waals surface area (Å²) in [6, 6.07) is 0. The monoisotopic (exact) mass is 269 g/mol. The summed E-state index contributed by atoms with van der Waals surface area (Å²) >= 11 is 0. The summed E-state index contributed by atoms with van der Waals surface area (Å²) in [5, 5.41) is 22.6. The lowest BCUT2D eigenvalue weighted by Crippen LogP contribution is -2.39. The van der Waals surface area contributed by atoms with Gasteiger partial charge in [-0.2, -0.15) is 0 Å². The van der Waals surface area contributed by atoms with Gasteiger partial charge in [-0.25, -0.2) is 9.13 Å². The largest absolute Gasteiger partial charge is 0.411 e. The van der Waals surface area contributed by atoms with Gasteiger partial charge in [-0.05, 0) is 6.42 Å². The zero-order valence-corrected chi connectivity index (χ0v) is 11.8. The van der Waals surface area contributed by atoms with Gasteiger partial charge in [-0.3, -0.25) is 10.1 Å². The normalized spacial score (nSPS) is 13.9. The van der Waals surface area contributed by atoms with Crippen LogP contribution in [0.15, 0.2) is 17.5 Å². The topological polar surface area (TPSA) is 84.5 Å². The van der Waals surface area contributed by atoms with Gasteiger partial charge in [0, 0.05) is 24.7 Å². The van der Waals surface area contributed by atoms with Crippen molar-refractivity contribution >= 4 is 6.21 Å². The van der Waals surface area contributed by atoms with Crippen molar-refractivity contribution < 1.29 is 14.7 Å². The van der Waals surface area contributed by atoms with Crippen molar-refractivity contribution in [3.05, 3.63) is 28.3 Å². The fraction of sp³-hybridized carbons (Fsp3) is 0.667. The van der Waals surface area contributed by atoms with Crippen molar-refractivity contribution in [3.63, 3.8) is 0 Å². The van der Waals surface area contributed by atoms with Crippen molar-refractivity contribution in [2.45, 2.75) is 39.3 Å². The third-order valence-electron chi connectivity index (χ3n) is 3.78. The van der Waals surface area contributed by atoms with Gasteiger partial charge in [0.2, 0.25) is 5.54 Å². The zero-order chi connectivity index (χ0) is 14.6. The molecule has 1 aromatic rings. The van der Waals surface area contributed by atoms with Gasteiger partial charge in [-0.15, -0.1) is 0 Å². The van der Waals surface area contributed by atoms with Crippen LogP contribution < -0.4 is 4.57 Å². The number of oxime groups is 1. The minimum absolute atomic E-state index is 0.0610. The lowest BCUT2D eigenvalue weighted by molar-refractivity contribution is -0.671. The number of imidazole rings is 1. The lowest BCUT2D eigenvalue weighted by Gasteiger charge is -2.22. The molecule has 0 aliphatic carbocycles. The second-order valence-electron chi connectivity index (χ2n) is 5.31. The number of hydrogen-bond donors (Lipinski definition) is 1. The number of nitro groups is 1. The Morgan fingerprint density at radius 1 is 1.68 bits per heavy atom. The molecule has 0 amide bonds. The average Bonchev–Trinajstić information content (AvgIpc) is 2.68. The van der Waals surface area contributed by atoms with Gasteiger partial charge in [0.15, 0.2) is 6.21 Å². The van der Waals surface area contributed by atoms with Gasteiger partial charge in [-0.1, -0.05) is 12.1 Å². The van der Waals surface area contributed by atoms with E-state index in [0.29, 0.717) is 13.0 Å². The first kappa shape index (κ1) is 15.1. The molecule has 1 unspecified atom stereocenters. The molecule has 0 bridgehead atoms. The Kier molecular flexibility index (Phi) is 4.63. The van der Waals surface area contributed by atoms with E-state index < -0.39 is 5.54 Å². The maximum atomic E-state index is 11.0. The molecule has 1 rings (SSSR count). The molecule has 0 fully saturated rings. The highest BCUT2D eigenvalue weighted by Gasteiger charge is 2.37. The van der Waals surface area contributed by atoms with E-state index in [4.69, 9.17) is 5.21 Å². The summed E-state index contributed by atoms with van der Waals surface area (Å²) in [4.78, 5) is 10.8. The van der Waals surface area contributed by atoms with E-state index in [1.165, 1.54) is 6.21 Å². The van der Waals surface area contributed by atoms with E-state index in [-0.39, 0.29) is 10.8 Å². The van der Waals surface area contributed by atoms with E-state index in [1.54, 1.807) is 13.8 Å². The van der Waals surface area contributed by atoms with Gasteiger partial charge in [0.25, 0.3) is 0 Å². The van der Waals surface area contributed by atoms with E-state index in [0.717, 1.165) is 5.82 Å². The first-order valence-corrected chi connectivity index (χ1v) is 6.17. The molecule has 0 spiro atoms. The molecular formula is C12H21N4O3+. The molecule has 19 heavy (non-hydrogen) atoms. The molecule has 0 aliphatic heterocycles. The SMILES string of the molecule is CC(CCn1cc[n+](C)c1/C=N/O)C(C)(C)[N+](=O)[O-]. The summed E-state index contributed by atoms with van der Waals surface area (Å²) < 4.78 is 3.73. The molecule has 0 radical (unpaired) electrons. The highest BCUT2D eigenvalue weighted by Crippen LogP contribution is 2.23. The van der Waals surface area contributed by atoms with Crippen LogP contribution in [0.5, 0.6) is 0 Å². The van der Waals surface area contributed by atoms with Crippen LogP contribution in [0.1, 0.15) is 33.0 Å². The molecule has 1 atom stereocenters. The molecular weight excluding hydrogens is 248 g/mol. The average molecular weight is 269 g/mol. The lowest BCUT2D eigenvalue weighted by atomic mass is 9.87. The van der Waals surface area contributed by atoms with Gasteiger partial charge in [0.05, 0.1) is 13.6 Å². The standard InChI is InChI=1S/C12H20N4O3/c1-10(12(2,3)16(18)19)5-6-15-8-7-14(4)11(15)9-13-17/h7-10H,5-6H2,1-4H3/p+1. The van der Waals surface area contributed by atoms with Gasteiger partial charge >= 0.3 is 5.82 Å². The Morgan fingerprint density at radius 2 is 2.32 bits per heavy atom. The third kappa shape index (κ3) is 3.30. The fourth-order valence-electron chi connectivity index (χ4n) is 1.81. The molecule has 0 saturated carbocycles. The molecule has 7 nitrogen and oxygen atoms in total. The van der Waals surface area contributed by atoms with Crippen LogP contribution in [0.2, 0.25) is 0 Å². The number of aryl methyl sites for hydroxylation is 2. The highest BCUT2D eigenvalue weighted by atomic mass is 16.6. The van der Waals surface area contributed by atoms with Gasteiger partial charge < -0.3 is 5.21 Å². The molecule has 0 saturated heterocycles. The summed E-state index contributed by atoms with van der Waals surface area (Å²) in [7, 11) is 1.85. The van der Waals surface area contributed by atoms with Crippen molar-refractivity contribution in [1.29, 1.82) is 0 Å². The molecule has 0 aliphatic rings. The van der Waals surface area contributed by atoms with E-state index in [2.05, 4.69) is 5.16 Å². The number of hydrogen-bond acceptors (Lipinski definition) is 4. The summed E-state index contributed by atoms with van der Waals surface area (Å²) in [6.07, 6.45) is 5.74. The Hall–Kier alpha value is -1.92. The summed E-state index contributed by atoms with van der Waals surface area (Å²) in [6.45, 7) is 5.81. The summed E-state index contributed by atoms with van der Waals surface area (Å²) in [5.74, 6) is 0.683. The van der Waals surface area contributed by atoms with Crippen LogP contribution in [-0.2, 0) is 13.6 Å². The predicted molar refractivity (Wildman–Crippen MR) is 69.8 cm³/mol. The maximum Gasteiger partial charge on any atom is 0.303 e. The van der Waals surface area contributed by atoms with Crippen molar-refractivity contribution in [3.8, 4) is 0 Å². The predicted octanol–water partition coefficient (Wildman–Crippen LogP) is 1.20. The van der Waals surface area contributed by atoms with Crippen molar-refractivity contribution in [2.75, 3.05) is 0 Å². The van der Waals surface area contributed by atoms with Crippen LogP contribution in [0.3, 0.4) is 0 Å². The second kappa shape index (κ2) is 5.81. The van der Waals surface area contributed by atoms with Crippen LogP contribution >= 0.6 is 0 Å². The van der Waals surface area contributed by atoms with Crippen molar-refractivity contribution in [1.82, 2.24) is 4.57 Å². The fourth-order valence-corrected chi connectivity index (χ4v) is 1.81.